The van der Waals surface area contributed by atoms with E-state index in [0.717, 1.165) is 24.2 Å². The number of likely N-dealkylation sites (N-methyl/N-ethyl adjacent to an activating group) is 2. The van der Waals surface area contributed by atoms with Crippen molar-refractivity contribution in [1.82, 2.24) is 67.9 Å². The fourth-order valence-electron chi connectivity index (χ4n) is 8.49. The number of methoxy groups -OCH3 is 2. The molecule has 72 heavy (non-hydrogen) atoms. The van der Waals surface area contributed by atoms with Crippen molar-refractivity contribution in [2.75, 3.05) is 93.9 Å². The first-order valence-corrected chi connectivity index (χ1v) is 26.8. The van der Waals surface area contributed by atoms with Gasteiger partial charge in [-0.1, -0.05) is 26.7 Å². The lowest BCUT2D eigenvalue weighted by Gasteiger charge is -2.31. The number of ether oxygens (including phenoxy) is 4. The van der Waals surface area contributed by atoms with E-state index in [1.807, 2.05) is 41.8 Å². The van der Waals surface area contributed by atoms with Crippen molar-refractivity contribution in [3.8, 4) is 34.5 Å². The van der Waals surface area contributed by atoms with Crippen LogP contribution in [-0.2, 0) is 56.5 Å². The minimum Gasteiger partial charge on any atom is -0.472 e. The van der Waals surface area contributed by atoms with Gasteiger partial charge >= 0.3 is 0 Å². The molecule has 2 N–H and O–H groups in total. The molecule has 0 aromatic carbocycles. The molecule has 2 aliphatic rings. The van der Waals surface area contributed by atoms with E-state index in [1.165, 1.54) is 33.1 Å². The second-order valence-electron chi connectivity index (χ2n) is 18.1. The van der Waals surface area contributed by atoms with Crippen LogP contribution in [0.25, 0.3) is 44.8 Å². The number of fused-ring (bicyclic) bond motifs is 2. The van der Waals surface area contributed by atoms with Crippen LogP contribution >= 0.6 is 0 Å². The number of aryl methyl sites for hydroxylation is 4. The number of piperazine rings is 2. The first-order valence-electron chi connectivity index (χ1n) is 23.9. The zero-order valence-electron chi connectivity index (χ0n) is 42.6. The van der Waals surface area contributed by atoms with Gasteiger partial charge in [0.1, 0.15) is 44.7 Å². The Morgan fingerprint density at radius 1 is 0.583 bits per heavy atom. The predicted octanol–water partition coefficient (Wildman–Crippen LogP) is 2.04. The Kier molecular flexibility index (Phi) is 17.3. The number of aromatic amines is 2. The summed E-state index contributed by atoms with van der Waals surface area (Å²) in [6, 6.07) is 2.94. The summed E-state index contributed by atoms with van der Waals surface area (Å²) < 4.78 is 82.2. The number of aromatic nitrogens is 10. The van der Waals surface area contributed by atoms with Crippen molar-refractivity contribution in [3.05, 3.63) is 56.6 Å². The van der Waals surface area contributed by atoms with E-state index in [2.05, 4.69) is 39.9 Å². The molecule has 2 unspecified atom stereocenters. The van der Waals surface area contributed by atoms with Crippen molar-refractivity contribution in [2.45, 2.75) is 75.4 Å². The zero-order chi connectivity index (χ0) is 52.1. The smallest absolute Gasteiger partial charge is 0.279 e. The van der Waals surface area contributed by atoms with Crippen molar-refractivity contribution in [2.24, 2.45) is 14.1 Å². The third-order valence-electron chi connectivity index (χ3n) is 12.4. The van der Waals surface area contributed by atoms with E-state index in [4.69, 9.17) is 28.9 Å². The third-order valence-corrected chi connectivity index (χ3v) is 16.1. The highest BCUT2D eigenvalue weighted by Crippen LogP contribution is 2.33. The molecule has 6 aromatic rings. The van der Waals surface area contributed by atoms with Crippen molar-refractivity contribution in [3.63, 3.8) is 0 Å². The van der Waals surface area contributed by atoms with Gasteiger partial charge in [-0.25, -0.2) is 36.8 Å². The van der Waals surface area contributed by atoms with E-state index >= 15 is 0 Å². The van der Waals surface area contributed by atoms with Crippen LogP contribution in [-0.4, -0.2) is 191 Å². The van der Waals surface area contributed by atoms with Crippen LogP contribution in [0.1, 0.15) is 51.9 Å². The Balaban J connectivity index is 0.000000211. The van der Waals surface area contributed by atoms with Crippen LogP contribution in [0.3, 0.4) is 0 Å². The second-order valence-corrected chi connectivity index (χ2v) is 22.0. The lowest BCUT2D eigenvalue weighted by molar-refractivity contribution is 0.0892. The molecular weight excluding hydrogens is 973 g/mol. The van der Waals surface area contributed by atoms with Gasteiger partial charge in [0.05, 0.1) is 48.1 Å². The molecular formula is C46H66N14O10S2. The number of hydrogen-bond acceptors (Lipinski definition) is 18. The Morgan fingerprint density at radius 2 is 0.944 bits per heavy atom. The molecule has 0 bridgehead atoms. The fraction of sp³-hybridized carbons (Fsp3) is 0.565. The topological polar surface area (TPSA) is 271 Å². The SMILES string of the molecule is CCCc1c2nc(-c3cc(S(=O)(=O)N4CCN(C)CC4)cnc3OC(C)COC)[nH]c(=O)c2nn1C.CCCc1c2nc(-c3cc(S(=O)(=O)N4CCN(C)CC4)cnc3OC(C)COC)[nH]c(=O)c2nn1C. The Bertz CT molecular complexity index is 3000. The van der Waals surface area contributed by atoms with Crippen LogP contribution in [0.15, 0.2) is 43.9 Å². The molecule has 2 atom stereocenters. The standard InChI is InChI=1S/2C23H33N7O5S/c2*1-6-7-18-19-20(27-29(18)4)22(31)26-21(25-19)17-12-16(13-24-23(17)35-15(2)14-34-5)36(32,33)30-10-8-28(3)9-11-30/h2*12-13,15H,6-11,14H2,1-5H3,(H,25,26,31). The Labute approximate surface area is 418 Å². The molecule has 0 amide bonds. The van der Waals surface area contributed by atoms with Gasteiger partial charge in [0.15, 0.2) is 11.0 Å². The molecule has 8 rings (SSSR count). The maximum absolute atomic E-state index is 13.4. The largest absolute Gasteiger partial charge is 0.472 e. The first-order chi connectivity index (χ1) is 34.3. The molecule has 2 fully saturated rings. The first kappa shape index (κ1) is 54.0. The molecule has 8 heterocycles. The van der Waals surface area contributed by atoms with Gasteiger partial charge in [-0.15, -0.1) is 0 Å². The second kappa shape index (κ2) is 23.0. The van der Waals surface area contributed by atoms with E-state index in [1.54, 1.807) is 37.7 Å². The van der Waals surface area contributed by atoms with Crippen molar-refractivity contribution < 1.29 is 35.8 Å². The van der Waals surface area contributed by atoms with Gasteiger partial charge in [-0.05, 0) is 52.9 Å². The molecule has 24 nitrogen and oxygen atoms in total. The van der Waals surface area contributed by atoms with E-state index in [9.17, 15) is 26.4 Å². The summed E-state index contributed by atoms with van der Waals surface area (Å²) in [5.41, 5.74) is 2.77. The number of H-pyrrole nitrogens is 2. The van der Waals surface area contributed by atoms with Gasteiger partial charge in [-0.2, -0.15) is 18.8 Å². The third kappa shape index (κ3) is 11.7. The van der Waals surface area contributed by atoms with E-state index < -0.39 is 31.2 Å². The van der Waals surface area contributed by atoms with Crippen molar-refractivity contribution in [1.29, 1.82) is 0 Å². The van der Waals surface area contributed by atoms with Gasteiger partial charge in [-0.3, -0.25) is 19.0 Å². The number of rotatable bonds is 18. The Morgan fingerprint density at radius 3 is 1.28 bits per heavy atom. The molecule has 0 aliphatic carbocycles. The maximum atomic E-state index is 13.4. The van der Waals surface area contributed by atoms with E-state index in [0.29, 0.717) is 89.4 Å². The average molecular weight is 1040 g/mol. The Hall–Kier alpha value is -5.74. The minimum absolute atomic E-state index is 0.0107. The summed E-state index contributed by atoms with van der Waals surface area (Å²) in [7, 11) is 2.97. The van der Waals surface area contributed by atoms with E-state index in [-0.39, 0.29) is 67.6 Å². The highest BCUT2D eigenvalue weighted by molar-refractivity contribution is 7.89. The maximum Gasteiger partial charge on any atom is 0.279 e. The molecule has 26 heteroatoms. The molecule has 2 saturated heterocycles. The van der Waals surface area contributed by atoms with Crippen molar-refractivity contribution >= 4 is 42.1 Å². The predicted molar refractivity (Wildman–Crippen MR) is 269 cm³/mol. The molecule has 0 saturated carbocycles. The lowest BCUT2D eigenvalue weighted by atomic mass is 10.2. The van der Waals surface area contributed by atoms with Crippen LogP contribution < -0.4 is 20.6 Å². The highest BCUT2D eigenvalue weighted by atomic mass is 32.2. The van der Waals surface area contributed by atoms with Gasteiger partial charge in [0, 0.05) is 80.7 Å². The summed E-state index contributed by atoms with van der Waals surface area (Å²) in [5.74, 6) is 0.640. The summed E-state index contributed by atoms with van der Waals surface area (Å²) in [6.07, 6.45) is 4.91. The summed E-state index contributed by atoms with van der Waals surface area (Å²) in [4.78, 5) is 53.7. The van der Waals surface area contributed by atoms with Crippen LogP contribution in [0.5, 0.6) is 11.8 Å². The average Bonchev–Trinajstić information content (AvgIpc) is 3.84. The zero-order valence-corrected chi connectivity index (χ0v) is 44.3. The number of hydrogen-bond donors (Lipinski definition) is 2. The summed E-state index contributed by atoms with van der Waals surface area (Å²) in [6.45, 7) is 12.4. The normalized spacial score (nSPS) is 16.5. The molecule has 6 aromatic heterocycles. The molecule has 0 radical (unpaired) electrons. The van der Waals surface area contributed by atoms with Crippen LogP contribution in [0, 0.1) is 0 Å². The highest BCUT2D eigenvalue weighted by Gasteiger charge is 2.32. The quantitative estimate of drug-likeness (QED) is 0.125. The van der Waals surface area contributed by atoms with Gasteiger partial charge in [0.25, 0.3) is 11.1 Å². The monoisotopic (exact) mass is 1040 g/mol. The number of pyridine rings is 2. The lowest BCUT2D eigenvalue weighted by Crippen LogP contribution is -2.47. The molecule has 392 valence electrons. The number of sulfonamides is 2. The molecule has 0 spiro atoms. The van der Waals surface area contributed by atoms with Crippen LogP contribution in [0.4, 0.5) is 0 Å². The summed E-state index contributed by atoms with van der Waals surface area (Å²) >= 11 is 0. The fourth-order valence-corrected chi connectivity index (χ4v) is 11.3. The summed E-state index contributed by atoms with van der Waals surface area (Å²) in [5, 5.41) is 8.65. The van der Waals surface area contributed by atoms with Gasteiger partial charge < -0.3 is 38.7 Å². The van der Waals surface area contributed by atoms with Gasteiger partial charge in [0.2, 0.25) is 31.8 Å². The molecule has 2 aliphatic heterocycles. The minimum atomic E-state index is -3.81. The number of nitrogens with zero attached hydrogens (tertiary/aromatic N) is 12. The van der Waals surface area contributed by atoms with Crippen LogP contribution in [0.2, 0.25) is 0 Å². The number of nitrogens with one attached hydrogen (secondary N) is 2.